The Kier molecular flexibility index (Phi) is 41.2. The Balaban J connectivity index is 4.31. The van der Waals surface area contributed by atoms with Crippen molar-refractivity contribution < 1.29 is 32.9 Å². The van der Waals surface area contributed by atoms with Gasteiger partial charge < -0.3 is 28.8 Å². The van der Waals surface area contributed by atoms with Crippen LogP contribution in [0.3, 0.4) is 0 Å². The molecule has 0 aliphatic rings. The number of hydrogen-bond acceptors (Lipinski definition) is 6. The number of allylic oxidation sites excluding steroid dienone is 10. The average molecular weight is 863 g/mol. The molecule has 350 valence electrons. The van der Waals surface area contributed by atoms with E-state index in [1.165, 1.54) is 96.3 Å². The Morgan fingerprint density at radius 2 is 1.02 bits per heavy atom. The molecule has 3 unspecified atom stereocenters. The van der Waals surface area contributed by atoms with Gasteiger partial charge in [0, 0.05) is 6.42 Å². The lowest BCUT2D eigenvalue weighted by molar-refractivity contribution is -0.870. The van der Waals surface area contributed by atoms with Gasteiger partial charge in [0.05, 0.1) is 39.9 Å². The van der Waals surface area contributed by atoms with Crippen molar-refractivity contribution >= 4 is 13.7 Å². The van der Waals surface area contributed by atoms with E-state index in [1.54, 1.807) is 0 Å². The van der Waals surface area contributed by atoms with Gasteiger partial charge in [-0.05, 0) is 57.8 Å². The average Bonchev–Trinajstić information content (AvgIpc) is 3.20. The third-order valence-corrected chi connectivity index (χ3v) is 11.7. The topological polar surface area (TPSA) is 108 Å². The van der Waals surface area contributed by atoms with Crippen molar-refractivity contribution in [3.8, 4) is 0 Å². The number of phosphoric acid groups is 1. The number of rotatable bonds is 44. The second-order valence-electron chi connectivity index (χ2n) is 17.8. The highest BCUT2D eigenvalue weighted by molar-refractivity contribution is 7.45. The molecule has 0 rings (SSSR count). The maximum atomic E-state index is 12.9. The minimum absolute atomic E-state index is 0.00723. The zero-order chi connectivity index (χ0) is 44.3. The highest BCUT2D eigenvalue weighted by atomic mass is 31.2. The number of aliphatic hydroxyl groups excluding tert-OH is 1. The lowest BCUT2D eigenvalue weighted by Gasteiger charge is -2.30. The molecule has 0 aromatic carbocycles. The third-order valence-electron chi connectivity index (χ3n) is 10.8. The molecule has 0 saturated carbocycles. The van der Waals surface area contributed by atoms with Gasteiger partial charge in [-0.1, -0.05) is 203 Å². The Labute approximate surface area is 371 Å². The number of nitrogens with one attached hydrogen (secondary N) is 1. The largest absolute Gasteiger partial charge is 0.756 e. The quantitative estimate of drug-likeness (QED) is 0.0273. The minimum atomic E-state index is -4.57. The van der Waals surface area contributed by atoms with Gasteiger partial charge in [-0.15, -0.1) is 0 Å². The second-order valence-corrected chi connectivity index (χ2v) is 19.2. The summed E-state index contributed by atoms with van der Waals surface area (Å²) in [6.07, 6.45) is 55.1. The maximum absolute atomic E-state index is 12.9. The van der Waals surface area contributed by atoms with Crippen LogP contribution in [0.4, 0.5) is 0 Å². The van der Waals surface area contributed by atoms with Crippen molar-refractivity contribution in [3.63, 3.8) is 0 Å². The van der Waals surface area contributed by atoms with Gasteiger partial charge in [-0.2, -0.15) is 0 Å². The van der Waals surface area contributed by atoms with Crippen LogP contribution in [-0.4, -0.2) is 68.5 Å². The molecule has 2 N–H and O–H groups in total. The van der Waals surface area contributed by atoms with Gasteiger partial charge in [-0.25, -0.2) is 0 Å². The van der Waals surface area contributed by atoms with Gasteiger partial charge in [0.2, 0.25) is 5.91 Å². The van der Waals surface area contributed by atoms with Gasteiger partial charge >= 0.3 is 0 Å². The first-order valence-electron chi connectivity index (χ1n) is 24.6. The molecule has 0 aliphatic heterocycles. The van der Waals surface area contributed by atoms with Crippen molar-refractivity contribution in [1.29, 1.82) is 0 Å². The number of unbranched alkanes of at least 4 members (excludes halogenated alkanes) is 21. The SMILES string of the molecule is CC/C=C\C/C=C\C/C=C\C/C=C\C/C=C\CCCCCCCCCC(=O)NC(COP(=O)([O-])OCC[N+](C)(C)C)C(O)CCCCCCCCCCCCCCCCC. The standard InChI is InChI=1S/C51H95N2O6P/c1-6-8-10-12-14-16-18-20-22-23-24-25-26-27-28-29-31-33-35-37-39-41-43-45-51(55)52-49(48-59-60(56,57)58-47-46-53(3,4)5)50(54)44-42-40-38-36-34-32-30-21-19-17-15-13-11-9-7-2/h8,10,14,16,20,22,24-25,27-28,49-50,54H,6-7,9,11-13,15,17-19,21,23,26,29-48H2,1-5H3,(H-,52,55,56,57)/b10-8-,16-14-,22-20-,25-24-,28-27-. The maximum Gasteiger partial charge on any atom is 0.268 e. The molecule has 1 amide bonds. The molecular weight excluding hydrogens is 768 g/mol. The first-order chi connectivity index (χ1) is 29.0. The van der Waals surface area contributed by atoms with Crippen LogP contribution in [0.5, 0.6) is 0 Å². The number of nitrogens with zero attached hydrogens (tertiary/aromatic N) is 1. The van der Waals surface area contributed by atoms with E-state index in [1.807, 2.05) is 21.1 Å². The molecule has 0 radical (unpaired) electrons. The van der Waals surface area contributed by atoms with E-state index in [0.29, 0.717) is 23.9 Å². The van der Waals surface area contributed by atoms with Crippen molar-refractivity contribution in [2.45, 2.75) is 219 Å². The zero-order valence-electron chi connectivity index (χ0n) is 39.6. The van der Waals surface area contributed by atoms with Crippen LogP contribution in [0.15, 0.2) is 60.8 Å². The number of likely N-dealkylation sites (N-methyl/N-ethyl adjacent to an activating group) is 1. The summed E-state index contributed by atoms with van der Waals surface area (Å²) in [5, 5.41) is 13.9. The van der Waals surface area contributed by atoms with E-state index < -0.39 is 20.0 Å². The van der Waals surface area contributed by atoms with Crippen LogP contribution in [-0.2, 0) is 18.4 Å². The summed E-state index contributed by atoms with van der Waals surface area (Å²) >= 11 is 0. The van der Waals surface area contributed by atoms with Crippen molar-refractivity contribution in [2.75, 3.05) is 40.9 Å². The summed E-state index contributed by atoms with van der Waals surface area (Å²) in [6, 6.07) is -0.809. The normalized spacial score (nSPS) is 14.7. The van der Waals surface area contributed by atoms with E-state index in [-0.39, 0.29) is 19.1 Å². The highest BCUT2D eigenvalue weighted by Crippen LogP contribution is 2.38. The van der Waals surface area contributed by atoms with Crippen LogP contribution in [0.1, 0.15) is 206 Å². The summed E-state index contributed by atoms with van der Waals surface area (Å²) in [5.74, 6) is -0.178. The molecule has 0 bridgehead atoms. The lowest BCUT2D eigenvalue weighted by Crippen LogP contribution is -2.46. The van der Waals surface area contributed by atoms with Crippen LogP contribution < -0.4 is 10.2 Å². The number of quaternary nitrogens is 1. The molecule has 0 aromatic heterocycles. The molecule has 9 heteroatoms. The Morgan fingerprint density at radius 1 is 0.600 bits per heavy atom. The monoisotopic (exact) mass is 863 g/mol. The Hall–Kier alpha value is -1.80. The fourth-order valence-corrected chi connectivity index (χ4v) is 7.61. The molecule has 60 heavy (non-hydrogen) atoms. The van der Waals surface area contributed by atoms with E-state index in [9.17, 15) is 19.4 Å². The molecule has 0 spiro atoms. The highest BCUT2D eigenvalue weighted by Gasteiger charge is 2.24. The molecule has 0 aromatic rings. The number of aliphatic hydroxyl groups is 1. The van der Waals surface area contributed by atoms with E-state index in [0.717, 1.165) is 83.5 Å². The predicted octanol–water partition coefficient (Wildman–Crippen LogP) is 13.6. The van der Waals surface area contributed by atoms with Crippen LogP contribution in [0.25, 0.3) is 0 Å². The zero-order valence-corrected chi connectivity index (χ0v) is 40.5. The molecule has 3 atom stereocenters. The van der Waals surface area contributed by atoms with E-state index >= 15 is 0 Å². The van der Waals surface area contributed by atoms with E-state index in [2.05, 4.69) is 79.9 Å². The Morgan fingerprint density at radius 3 is 1.48 bits per heavy atom. The van der Waals surface area contributed by atoms with Gasteiger partial charge in [0.1, 0.15) is 13.2 Å². The van der Waals surface area contributed by atoms with E-state index in [4.69, 9.17) is 9.05 Å². The van der Waals surface area contributed by atoms with Crippen LogP contribution in [0, 0.1) is 0 Å². The Bertz CT molecular complexity index is 1160. The molecule has 0 aliphatic carbocycles. The van der Waals surface area contributed by atoms with Crippen molar-refractivity contribution in [2.24, 2.45) is 0 Å². The minimum Gasteiger partial charge on any atom is -0.756 e. The summed E-state index contributed by atoms with van der Waals surface area (Å²) in [7, 11) is 1.29. The fourth-order valence-electron chi connectivity index (χ4n) is 6.89. The number of amides is 1. The summed E-state index contributed by atoms with van der Waals surface area (Å²) in [6.45, 7) is 4.59. The van der Waals surface area contributed by atoms with Gasteiger partial charge in [0.15, 0.2) is 0 Å². The number of carbonyl (C=O) groups excluding carboxylic acids is 1. The summed E-state index contributed by atoms with van der Waals surface area (Å²) < 4.78 is 23.3. The molecule has 8 nitrogen and oxygen atoms in total. The number of hydrogen-bond donors (Lipinski definition) is 2. The summed E-state index contributed by atoms with van der Waals surface area (Å²) in [5.41, 5.74) is 0. The molecular formula is C51H95N2O6P. The second kappa shape index (κ2) is 42.5. The fraction of sp³-hybridized carbons (Fsp3) is 0.784. The van der Waals surface area contributed by atoms with Crippen molar-refractivity contribution in [3.05, 3.63) is 60.8 Å². The smallest absolute Gasteiger partial charge is 0.268 e. The summed E-state index contributed by atoms with van der Waals surface area (Å²) in [4.78, 5) is 25.4. The van der Waals surface area contributed by atoms with Crippen molar-refractivity contribution in [1.82, 2.24) is 5.32 Å². The lowest BCUT2D eigenvalue weighted by atomic mass is 10.0. The predicted molar refractivity (Wildman–Crippen MR) is 256 cm³/mol. The molecule has 0 saturated heterocycles. The third kappa shape index (κ3) is 44.3. The van der Waals surface area contributed by atoms with Gasteiger partial charge in [0.25, 0.3) is 7.82 Å². The molecule has 0 fully saturated rings. The van der Waals surface area contributed by atoms with Crippen LogP contribution in [0.2, 0.25) is 0 Å². The number of carbonyl (C=O) groups is 1. The number of phosphoric ester groups is 1. The first kappa shape index (κ1) is 58.2. The first-order valence-corrected chi connectivity index (χ1v) is 26.1. The van der Waals surface area contributed by atoms with Gasteiger partial charge in [-0.3, -0.25) is 9.36 Å². The van der Waals surface area contributed by atoms with Crippen LogP contribution >= 0.6 is 7.82 Å². The molecule has 0 heterocycles.